The summed E-state index contributed by atoms with van der Waals surface area (Å²) in [6.45, 7) is 6.90. The molecule has 1 aliphatic rings. The zero-order valence-corrected chi connectivity index (χ0v) is 18.2. The van der Waals surface area contributed by atoms with E-state index in [2.05, 4.69) is 69.3 Å². The summed E-state index contributed by atoms with van der Waals surface area (Å²) in [4.78, 5) is 16.9. The van der Waals surface area contributed by atoms with Crippen molar-refractivity contribution in [2.75, 3.05) is 44.7 Å². The molecule has 2 aromatic rings. The van der Waals surface area contributed by atoms with Gasteiger partial charge in [0.1, 0.15) is 5.75 Å². The van der Waals surface area contributed by atoms with Crippen LogP contribution >= 0.6 is 15.9 Å². The van der Waals surface area contributed by atoms with E-state index in [-0.39, 0.29) is 12.5 Å². The standard InChI is InChI=1S/C22H28BrN3O2/c1-3-17-6-9-21(20(23)14-17)28-16-22(27)24-15-18-4-7-19(8-5-18)26-12-10-25(2)11-13-26/h4-9,14H,3,10-13,15-16H2,1-2H3,(H,24,27). The van der Waals surface area contributed by atoms with E-state index >= 15 is 0 Å². The number of anilines is 1. The largest absolute Gasteiger partial charge is 0.483 e. The Labute approximate surface area is 175 Å². The van der Waals surface area contributed by atoms with Gasteiger partial charge in [0.25, 0.3) is 5.91 Å². The van der Waals surface area contributed by atoms with Crippen LogP contribution in [0.15, 0.2) is 46.9 Å². The minimum Gasteiger partial charge on any atom is -0.483 e. The van der Waals surface area contributed by atoms with Gasteiger partial charge >= 0.3 is 0 Å². The highest BCUT2D eigenvalue weighted by Gasteiger charge is 2.14. The van der Waals surface area contributed by atoms with Gasteiger partial charge in [-0.1, -0.05) is 25.1 Å². The maximum atomic E-state index is 12.1. The number of amides is 1. The van der Waals surface area contributed by atoms with Gasteiger partial charge in [0, 0.05) is 38.4 Å². The number of likely N-dealkylation sites (N-methyl/N-ethyl adjacent to an activating group) is 1. The van der Waals surface area contributed by atoms with E-state index in [9.17, 15) is 4.79 Å². The Morgan fingerprint density at radius 1 is 1.07 bits per heavy atom. The molecule has 0 bridgehead atoms. The van der Waals surface area contributed by atoms with E-state index in [0.717, 1.165) is 42.6 Å². The van der Waals surface area contributed by atoms with Gasteiger partial charge < -0.3 is 19.9 Å². The molecular weight excluding hydrogens is 418 g/mol. The highest BCUT2D eigenvalue weighted by molar-refractivity contribution is 9.10. The molecular formula is C22H28BrN3O2. The van der Waals surface area contributed by atoms with E-state index in [1.807, 2.05) is 18.2 Å². The molecule has 1 aliphatic heterocycles. The fraction of sp³-hybridized carbons (Fsp3) is 0.409. The molecule has 6 heteroatoms. The molecule has 0 aliphatic carbocycles. The van der Waals surface area contributed by atoms with Gasteiger partial charge in [-0.05, 0) is 64.8 Å². The fourth-order valence-corrected chi connectivity index (χ4v) is 3.71. The van der Waals surface area contributed by atoms with Crippen LogP contribution in [0, 0.1) is 0 Å². The normalized spacial score (nSPS) is 14.8. The van der Waals surface area contributed by atoms with Crippen LogP contribution in [-0.4, -0.2) is 50.6 Å². The molecule has 150 valence electrons. The molecule has 1 fully saturated rings. The van der Waals surface area contributed by atoms with Crippen molar-refractivity contribution in [2.24, 2.45) is 0 Å². The molecule has 0 spiro atoms. The van der Waals surface area contributed by atoms with Gasteiger partial charge in [-0.15, -0.1) is 0 Å². The van der Waals surface area contributed by atoms with Crippen LogP contribution in [0.3, 0.4) is 0 Å². The van der Waals surface area contributed by atoms with Gasteiger partial charge in [0.15, 0.2) is 6.61 Å². The molecule has 5 nitrogen and oxygen atoms in total. The number of carbonyl (C=O) groups is 1. The molecule has 0 aromatic heterocycles. The molecule has 0 atom stereocenters. The fourth-order valence-electron chi connectivity index (χ4n) is 3.17. The first kappa shape index (κ1) is 20.7. The summed E-state index contributed by atoms with van der Waals surface area (Å²) in [6.07, 6.45) is 0.965. The third-order valence-corrected chi connectivity index (χ3v) is 5.68. The number of hydrogen-bond donors (Lipinski definition) is 1. The number of nitrogens with zero attached hydrogens (tertiary/aromatic N) is 2. The second kappa shape index (κ2) is 9.94. The van der Waals surface area contributed by atoms with Gasteiger partial charge in [-0.3, -0.25) is 4.79 Å². The minimum atomic E-state index is -0.130. The van der Waals surface area contributed by atoms with Crippen molar-refractivity contribution in [1.82, 2.24) is 10.2 Å². The van der Waals surface area contributed by atoms with E-state index in [1.165, 1.54) is 11.3 Å². The summed E-state index contributed by atoms with van der Waals surface area (Å²) < 4.78 is 6.50. The molecule has 0 radical (unpaired) electrons. The smallest absolute Gasteiger partial charge is 0.258 e. The first-order valence-corrected chi connectivity index (χ1v) is 10.5. The van der Waals surface area contributed by atoms with Crippen LogP contribution in [0.1, 0.15) is 18.1 Å². The number of carbonyl (C=O) groups excluding carboxylic acids is 1. The van der Waals surface area contributed by atoms with Crippen LogP contribution in [0.5, 0.6) is 5.75 Å². The number of piperazine rings is 1. The number of nitrogens with one attached hydrogen (secondary N) is 1. The number of rotatable bonds is 7. The predicted molar refractivity (Wildman–Crippen MR) is 117 cm³/mol. The maximum Gasteiger partial charge on any atom is 0.258 e. The van der Waals surface area contributed by atoms with Crippen molar-refractivity contribution in [3.63, 3.8) is 0 Å². The van der Waals surface area contributed by atoms with Crippen molar-refractivity contribution in [1.29, 1.82) is 0 Å². The Balaban J connectivity index is 1.44. The molecule has 28 heavy (non-hydrogen) atoms. The average molecular weight is 446 g/mol. The third kappa shape index (κ3) is 5.72. The number of halogens is 1. The first-order chi connectivity index (χ1) is 13.5. The average Bonchev–Trinajstić information content (AvgIpc) is 2.72. The molecule has 1 amide bonds. The summed E-state index contributed by atoms with van der Waals surface area (Å²) in [5.74, 6) is 0.554. The number of benzene rings is 2. The highest BCUT2D eigenvalue weighted by Crippen LogP contribution is 2.26. The minimum absolute atomic E-state index is 0.00342. The molecule has 1 N–H and O–H groups in total. The van der Waals surface area contributed by atoms with Gasteiger partial charge in [-0.2, -0.15) is 0 Å². The zero-order valence-electron chi connectivity index (χ0n) is 16.6. The molecule has 0 unspecified atom stereocenters. The Kier molecular flexibility index (Phi) is 7.34. The Morgan fingerprint density at radius 2 is 1.75 bits per heavy atom. The SMILES string of the molecule is CCc1ccc(OCC(=O)NCc2ccc(N3CCN(C)CC3)cc2)c(Br)c1. The lowest BCUT2D eigenvalue weighted by atomic mass is 10.1. The Morgan fingerprint density at radius 3 is 2.39 bits per heavy atom. The van der Waals surface area contributed by atoms with Crippen molar-refractivity contribution < 1.29 is 9.53 Å². The number of aryl methyl sites for hydroxylation is 1. The molecule has 1 saturated heterocycles. The summed E-state index contributed by atoms with van der Waals surface area (Å²) >= 11 is 3.49. The molecule has 1 heterocycles. The zero-order chi connectivity index (χ0) is 19.9. The van der Waals surface area contributed by atoms with Crippen LogP contribution < -0.4 is 15.0 Å². The molecule has 2 aromatic carbocycles. The second-order valence-corrected chi connectivity index (χ2v) is 7.99. The van der Waals surface area contributed by atoms with Gasteiger partial charge in [-0.25, -0.2) is 0 Å². The van der Waals surface area contributed by atoms with Crippen LogP contribution in [0.25, 0.3) is 0 Å². The maximum absolute atomic E-state index is 12.1. The van der Waals surface area contributed by atoms with Crippen molar-refractivity contribution in [3.05, 3.63) is 58.1 Å². The van der Waals surface area contributed by atoms with Crippen molar-refractivity contribution in [2.45, 2.75) is 19.9 Å². The van der Waals surface area contributed by atoms with Crippen LogP contribution in [0.2, 0.25) is 0 Å². The lowest BCUT2D eigenvalue weighted by molar-refractivity contribution is -0.123. The number of hydrogen-bond acceptors (Lipinski definition) is 4. The van der Waals surface area contributed by atoms with Crippen molar-refractivity contribution >= 4 is 27.5 Å². The molecule has 3 rings (SSSR count). The first-order valence-electron chi connectivity index (χ1n) is 9.75. The lowest BCUT2D eigenvalue weighted by Crippen LogP contribution is -2.44. The predicted octanol–water partition coefficient (Wildman–Crippen LogP) is 3.46. The van der Waals surface area contributed by atoms with Gasteiger partial charge in [0.05, 0.1) is 4.47 Å². The molecule has 0 saturated carbocycles. The summed E-state index contributed by atoms with van der Waals surface area (Å²) in [5.41, 5.74) is 3.55. The quantitative estimate of drug-likeness (QED) is 0.708. The Bertz CT molecular complexity index is 787. The Hall–Kier alpha value is -2.05. The van der Waals surface area contributed by atoms with Crippen LogP contribution in [-0.2, 0) is 17.8 Å². The van der Waals surface area contributed by atoms with Crippen LogP contribution in [0.4, 0.5) is 5.69 Å². The van der Waals surface area contributed by atoms with Crippen molar-refractivity contribution in [3.8, 4) is 5.75 Å². The number of ether oxygens (including phenoxy) is 1. The van der Waals surface area contributed by atoms with E-state index < -0.39 is 0 Å². The summed E-state index contributed by atoms with van der Waals surface area (Å²) in [5, 5.41) is 2.92. The lowest BCUT2D eigenvalue weighted by Gasteiger charge is -2.34. The summed E-state index contributed by atoms with van der Waals surface area (Å²) in [6, 6.07) is 14.4. The second-order valence-electron chi connectivity index (χ2n) is 7.14. The van der Waals surface area contributed by atoms with E-state index in [4.69, 9.17) is 4.74 Å². The van der Waals surface area contributed by atoms with Gasteiger partial charge in [0.2, 0.25) is 0 Å². The van der Waals surface area contributed by atoms with E-state index in [0.29, 0.717) is 12.3 Å². The van der Waals surface area contributed by atoms with E-state index in [1.54, 1.807) is 0 Å². The highest BCUT2D eigenvalue weighted by atomic mass is 79.9. The third-order valence-electron chi connectivity index (χ3n) is 5.06. The monoisotopic (exact) mass is 445 g/mol. The topological polar surface area (TPSA) is 44.8 Å². The summed E-state index contributed by atoms with van der Waals surface area (Å²) in [7, 11) is 2.16.